The van der Waals surface area contributed by atoms with Gasteiger partial charge in [0.15, 0.2) is 5.78 Å². The number of carbonyl (C=O) groups excluding carboxylic acids is 1. The number of Topliss-reactive ketones (excluding diaryl/α,β-unsaturated/α-hetero) is 1. The van der Waals surface area contributed by atoms with E-state index in [4.69, 9.17) is 5.26 Å². The van der Waals surface area contributed by atoms with Crippen LogP contribution in [0.4, 0.5) is 5.69 Å². The summed E-state index contributed by atoms with van der Waals surface area (Å²) in [5.41, 5.74) is 1.23. The van der Waals surface area contributed by atoms with Crippen LogP contribution in [0.2, 0.25) is 0 Å². The molecule has 0 aromatic heterocycles. The molecular weight excluding hydrogens is 212 g/mol. The normalized spacial score (nSPS) is 18.9. The number of hydrogen-bond donors (Lipinski definition) is 0. The van der Waals surface area contributed by atoms with Gasteiger partial charge in [0.25, 0.3) is 0 Å². The third-order valence-corrected chi connectivity index (χ3v) is 3.45. The zero-order chi connectivity index (χ0) is 12.5. The van der Waals surface area contributed by atoms with E-state index < -0.39 is 5.54 Å². The Morgan fingerprint density at radius 1 is 1.29 bits per heavy atom. The fourth-order valence-electron chi connectivity index (χ4n) is 2.30. The van der Waals surface area contributed by atoms with E-state index in [1.165, 1.54) is 0 Å². The van der Waals surface area contributed by atoms with Crippen molar-refractivity contribution in [1.82, 2.24) is 0 Å². The Morgan fingerprint density at radius 2 is 1.94 bits per heavy atom. The molecule has 1 aromatic carbocycles. The second kappa shape index (κ2) is 4.21. The van der Waals surface area contributed by atoms with Crippen molar-refractivity contribution in [2.24, 2.45) is 0 Å². The van der Waals surface area contributed by atoms with E-state index in [9.17, 15) is 4.79 Å². The summed E-state index contributed by atoms with van der Waals surface area (Å²) >= 11 is 0. The molecule has 1 aromatic rings. The first-order valence-electron chi connectivity index (χ1n) is 5.87. The van der Waals surface area contributed by atoms with Crippen LogP contribution in [0.15, 0.2) is 24.3 Å². The van der Waals surface area contributed by atoms with E-state index in [0.29, 0.717) is 12.0 Å². The minimum absolute atomic E-state index is 0.285. The monoisotopic (exact) mass is 228 g/mol. The van der Waals surface area contributed by atoms with Gasteiger partial charge < -0.3 is 4.90 Å². The van der Waals surface area contributed by atoms with Crippen molar-refractivity contribution in [3.8, 4) is 6.07 Å². The molecule has 3 nitrogen and oxygen atoms in total. The van der Waals surface area contributed by atoms with Gasteiger partial charge in [-0.15, -0.1) is 0 Å². The summed E-state index contributed by atoms with van der Waals surface area (Å²) in [6.45, 7) is 4.82. The fourth-order valence-corrected chi connectivity index (χ4v) is 2.30. The average molecular weight is 228 g/mol. The van der Waals surface area contributed by atoms with Crippen LogP contribution in [-0.4, -0.2) is 17.9 Å². The number of hydrogen-bond acceptors (Lipinski definition) is 3. The van der Waals surface area contributed by atoms with Crippen LogP contribution in [0, 0.1) is 11.3 Å². The van der Waals surface area contributed by atoms with Crippen LogP contribution in [-0.2, 0) is 4.79 Å². The molecule has 0 N–H and O–H groups in total. The summed E-state index contributed by atoms with van der Waals surface area (Å²) in [7, 11) is 0. The van der Waals surface area contributed by atoms with Gasteiger partial charge in [0.1, 0.15) is 0 Å². The molecule has 1 heterocycles. The highest BCUT2D eigenvalue weighted by Gasteiger charge is 2.37. The zero-order valence-electron chi connectivity index (χ0n) is 10.2. The Balaban J connectivity index is 2.32. The van der Waals surface area contributed by atoms with E-state index in [0.717, 1.165) is 18.7 Å². The Kier molecular flexibility index (Phi) is 2.89. The van der Waals surface area contributed by atoms with Crippen molar-refractivity contribution in [2.75, 3.05) is 11.4 Å². The summed E-state index contributed by atoms with van der Waals surface area (Å²) in [4.78, 5) is 14.1. The average Bonchev–Trinajstić information content (AvgIpc) is 2.33. The van der Waals surface area contributed by atoms with E-state index in [2.05, 4.69) is 11.0 Å². The molecule has 3 heteroatoms. The topological polar surface area (TPSA) is 44.1 Å². The molecular formula is C14H16N2O. The number of carbonyl (C=O) groups is 1. The Hall–Kier alpha value is -1.82. The molecule has 1 aliphatic heterocycles. The zero-order valence-corrected chi connectivity index (χ0v) is 10.2. The van der Waals surface area contributed by atoms with Gasteiger partial charge in [0.05, 0.1) is 17.2 Å². The molecule has 0 aliphatic carbocycles. The van der Waals surface area contributed by atoms with Crippen molar-refractivity contribution in [2.45, 2.75) is 32.2 Å². The summed E-state index contributed by atoms with van der Waals surface area (Å²) in [5, 5.41) is 8.77. The SMILES string of the molecule is CC1(C)C(=O)CCCN1c1ccc(C#N)cc1. The highest BCUT2D eigenvalue weighted by atomic mass is 16.1. The lowest BCUT2D eigenvalue weighted by Crippen LogP contribution is -2.54. The van der Waals surface area contributed by atoms with Crippen LogP contribution in [0.5, 0.6) is 0 Å². The second-order valence-electron chi connectivity index (χ2n) is 4.90. The molecule has 0 saturated carbocycles. The first-order chi connectivity index (χ1) is 8.05. The summed E-state index contributed by atoms with van der Waals surface area (Å²) in [6, 6.07) is 9.52. The maximum absolute atomic E-state index is 11.9. The van der Waals surface area contributed by atoms with Crippen LogP contribution in [0.25, 0.3) is 0 Å². The minimum atomic E-state index is -0.438. The summed E-state index contributed by atoms with van der Waals surface area (Å²) < 4.78 is 0. The fraction of sp³-hybridized carbons (Fsp3) is 0.429. The van der Waals surface area contributed by atoms with Gasteiger partial charge >= 0.3 is 0 Å². The lowest BCUT2D eigenvalue weighted by atomic mass is 9.88. The van der Waals surface area contributed by atoms with Crippen LogP contribution in [0.3, 0.4) is 0 Å². The van der Waals surface area contributed by atoms with Crippen LogP contribution in [0.1, 0.15) is 32.3 Å². The van der Waals surface area contributed by atoms with Gasteiger partial charge in [-0.1, -0.05) is 0 Å². The maximum Gasteiger partial charge on any atom is 0.157 e. The number of rotatable bonds is 1. The molecule has 1 saturated heterocycles. The standard InChI is InChI=1S/C14H16N2O/c1-14(2)13(17)4-3-9-16(14)12-7-5-11(10-15)6-8-12/h5-8H,3-4,9H2,1-2H3. The number of piperidine rings is 1. The minimum Gasteiger partial charge on any atom is -0.359 e. The number of nitrogens with zero attached hydrogens (tertiary/aromatic N) is 2. The number of anilines is 1. The maximum atomic E-state index is 11.9. The van der Waals surface area contributed by atoms with Crippen molar-refractivity contribution in [3.63, 3.8) is 0 Å². The molecule has 2 rings (SSSR count). The second-order valence-corrected chi connectivity index (χ2v) is 4.90. The molecule has 1 fully saturated rings. The lowest BCUT2D eigenvalue weighted by molar-refractivity contribution is -0.124. The number of ketones is 1. The van der Waals surface area contributed by atoms with E-state index in [1.54, 1.807) is 12.1 Å². The molecule has 0 unspecified atom stereocenters. The number of nitriles is 1. The van der Waals surface area contributed by atoms with Gasteiger partial charge in [-0.2, -0.15) is 5.26 Å². The predicted molar refractivity (Wildman–Crippen MR) is 66.8 cm³/mol. The number of benzene rings is 1. The Morgan fingerprint density at radius 3 is 2.53 bits per heavy atom. The smallest absolute Gasteiger partial charge is 0.157 e. The Labute approximate surface area is 102 Å². The molecule has 0 amide bonds. The van der Waals surface area contributed by atoms with Gasteiger partial charge in [0, 0.05) is 18.7 Å². The Bertz CT molecular complexity index is 468. The van der Waals surface area contributed by atoms with Gasteiger partial charge in [-0.3, -0.25) is 4.79 Å². The van der Waals surface area contributed by atoms with Crippen molar-refractivity contribution in [3.05, 3.63) is 29.8 Å². The molecule has 0 radical (unpaired) electrons. The van der Waals surface area contributed by atoms with Crippen LogP contribution < -0.4 is 4.90 Å². The van der Waals surface area contributed by atoms with Gasteiger partial charge in [0.2, 0.25) is 0 Å². The third kappa shape index (κ3) is 2.03. The molecule has 88 valence electrons. The quantitative estimate of drug-likeness (QED) is 0.741. The molecule has 0 spiro atoms. The van der Waals surface area contributed by atoms with Gasteiger partial charge in [-0.05, 0) is 44.5 Å². The largest absolute Gasteiger partial charge is 0.359 e. The molecule has 0 bridgehead atoms. The van der Waals surface area contributed by atoms with Crippen LogP contribution >= 0.6 is 0 Å². The van der Waals surface area contributed by atoms with Crippen molar-refractivity contribution in [1.29, 1.82) is 5.26 Å². The first-order valence-corrected chi connectivity index (χ1v) is 5.87. The van der Waals surface area contributed by atoms with Crippen molar-refractivity contribution >= 4 is 11.5 Å². The first kappa shape index (κ1) is 11.7. The molecule has 0 atom stereocenters. The van der Waals surface area contributed by atoms with E-state index in [-0.39, 0.29) is 5.78 Å². The summed E-state index contributed by atoms with van der Waals surface area (Å²) in [5.74, 6) is 0.285. The van der Waals surface area contributed by atoms with E-state index in [1.807, 2.05) is 26.0 Å². The molecule has 17 heavy (non-hydrogen) atoms. The van der Waals surface area contributed by atoms with E-state index >= 15 is 0 Å². The van der Waals surface area contributed by atoms with Crippen molar-refractivity contribution < 1.29 is 4.79 Å². The highest BCUT2D eigenvalue weighted by Crippen LogP contribution is 2.30. The molecule has 1 aliphatic rings. The van der Waals surface area contributed by atoms with Gasteiger partial charge in [-0.25, -0.2) is 0 Å². The highest BCUT2D eigenvalue weighted by molar-refractivity contribution is 5.92. The summed E-state index contributed by atoms with van der Waals surface area (Å²) in [6.07, 6.45) is 1.57. The third-order valence-electron chi connectivity index (χ3n) is 3.45. The lowest BCUT2D eigenvalue weighted by Gasteiger charge is -2.42. The predicted octanol–water partition coefficient (Wildman–Crippen LogP) is 2.51.